The summed E-state index contributed by atoms with van der Waals surface area (Å²) in [5, 5.41) is 9.11. The minimum atomic E-state index is -4.41. The molecule has 2 heterocycles. The second-order valence-electron chi connectivity index (χ2n) is 10.5. The molecule has 212 valence electrons. The van der Waals surface area contributed by atoms with Gasteiger partial charge in [0.05, 0.1) is 12.2 Å². The van der Waals surface area contributed by atoms with Crippen molar-refractivity contribution >= 4 is 23.1 Å². The van der Waals surface area contributed by atoms with Crippen LogP contribution in [0.3, 0.4) is 0 Å². The standard InChI is InChI=1S/C29H33F3N6O2/c1-18-11-24(40-27-15-26(35-17-36-27)37-28(39)20-3-4-20)5-6-25(18)34-16-33-23-13-21(12-22(14-23)29(30,31)32)19-7-9-38(2)10-8-19/h5-6,11-15,17,19-20,33-34H,3-4,7-10,16H2,1-2H3,(H,35,36,37,39). The Balaban J connectivity index is 1.20. The number of alkyl halides is 3. The first-order valence-corrected chi connectivity index (χ1v) is 13.4. The van der Waals surface area contributed by atoms with Crippen molar-refractivity contribution < 1.29 is 22.7 Å². The number of likely N-dealkylation sites (tertiary alicyclic amines) is 1. The molecule has 1 aliphatic heterocycles. The molecule has 0 unspecified atom stereocenters. The monoisotopic (exact) mass is 554 g/mol. The molecule has 1 amide bonds. The summed E-state index contributed by atoms with van der Waals surface area (Å²) in [5.41, 5.74) is 2.21. The number of anilines is 3. The molecule has 2 aliphatic rings. The van der Waals surface area contributed by atoms with E-state index in [1.807, 2.05) is 32.2 Å². The lowest BCUT2D eigenvalue weighted by molar-refractivity contribution is -0.137. The number of hydrogen-bond acceptors (Lipinski definition) is 7. The summed E-state index contributed by atoms with van der Waals surface area (Å²) >= 11 is 0. The number of carbonyl (C=O) groups excluding carboxylic acids is 1. The van der Waals surface area contributed by atoms with E-state index in [-0.39, 0.29) is 24.4 Å². The Labute approximate surface area is 231 Å². The number of benzene rings is 2. The third-order valence-electron chi connectivity index (χ3n) is 7.31. The van der Waals surface area contributed by atoms with Gasteiger partial charge in [-0.1, -0.05) is 0 Å². The van der Waals surface area contributed by atoms with Gasteiger partial charge in [-0.25, -0.2) is 9.97 Å². The lowest BCUT2D eigenvalue weighted by atomic mass is 9.88. The number of piperidine rings is 1. The highest BCUT2D eigenvalue weighted by Gasteiger charge is 2.32. The van der Waals surface area contributed by atoms with Crippen LogP contribution in [0.5, 0.6) is 11.6 Å². The summed E-state index contributed by atoms with van der Waals surface area (Å²) in [4.78, 5) is 22.4. The van der Waals surface area contributed by atoms with Crippen molar-refractivity contribution in [3.63, 3.8) is 0 Å². The van der Waals surface area contributed by atoms with E-state index in [0.29, 0.717) is 23.1 Å². The van der Waals surface area contributed by atoms with Crippen LogP contribution in [0.15, 0.2) is 48.8 Å². The number of hydrogen-bond donors (Lipinski definition) is 3. The van der Waals surface area contributed by atoms with Crippen LogP contribution in [0.4, 0.5) is 30.4 Å². The topological polar surface area (TPSA) is 91.4 Å². The van der Waals surface area contributed by atoms with E-state index in [2.05, 4.69) is 30.8 Å². The normalized spacial score (nSPS) is 16.4. The molecule has 2 fully saturated rings. The maximum absolute atomic E-state index is 13.6. The number of aryl methyl sites for hydroxylation is 1. The zero-order chi connectivity index (χ0) is 28.3. The predicted molar refractivity (Wildman–Crippen MR) is 148 cm³/mol. The molecule has 5 rings (SSSR count). The summed E-state index contributed by atoms with van der Waals surface area (Å²) in [6, 6.07) is 11.3. The number of carbonyl (C=O) groups is 1. The average Bonchev–Trinajstić information content (AvgIpc) is 3.76. The van der Waals surface area contributed by atoms with Crippen molar-refractivity contribution in [3.05, 3.63) is 65.5 Å². The quantitative estimate of drug-likeness (QED) is 0.270. The molecule has 3 N–H and O–H groups in total. The third kappa shape index (κ3) is 7.20. The molecular weight excluding hydrogens is 521 g/mol. The van der Waals surface area contributed by atoms with E-state index in [1.165, 1.54) is 12.4 Å². The van der Waals surface area contributed by atoms with Gasteiger partial charge in [0.1, 0.15) is 17.9 Å². The van der Waals surface area contributed by atoms with Crippen LogP contribution in [0.1, 0.15) is 48.3 Å². The minimum Gasteiger partial charge on any atom is -0.439 e. The Hall–Kier alpha value is -3.86. The van der Waals surface area contributed by atoms with E-state index in [0.717, 1.165) is 61.7 Å². The third-order valence-corrected chi connectivity index (χ3v) is 7.31. The number of aromatic nitrogens is 2. The smallest absolute Gasteiger partial charge is 0.416 e. The highest BCUT2D eigenvalue weighted by molar-refractivity contribution is 5.93. The van der Waals surface area contributed by atoms with Crippen molar-refractivity contribution in [3.8, 4) is 11.6 Å². The number of nitrogens with zero attached hydrogens (tertiary/aromatic N) is 3. The van der Waals surface area contributed by atoms with Crippen LogP contribution in [-0.4, -0.2) is 47.6 Å². The number of halogens is 3. The van der Waals surface area contributed by atoms with Gasteiger partial charge in [-0.05, 0) is 106 Å². The molecule has 0 spiro atoms. The molecule has 0 radical (unpaired) electrons. The highest BCUT2D eigenvalue weighted by Crippen LogP contribution is 2.36. The van der Waals surface area contributed by atoms with Crippen molar-refractivity contribution in [1.82, 2.24) is 14.9 Å². The molecule has 2 aromatic carbocycles. The van der Waals surface area contributed by atoms with Crippen LogP contribution in [-0.2, 0) is 11.0 Å². The van der Waals surface area contributed by atoms with E-state index >= 15 is 0 Å². The number of amides is 1. The fourth-order valence-electron chi connectivity index (χ4n) is 4.79. The predicted octanol–water partition coefficient (Wildman–Crippen LogP) is 6.24. The van der Waals surface area contributed by atoms with Gasteiger partial charge in [-0.3, -0.25) is 4.79 Å². The highest BCUT2D eigenvalue weighted by atomic mass is 19.4. The molecule has 3 aromatic rings. The zero-order valence-electron chi connectivity index (χ0n) is 22.5. The van der Waals surface area contributed by atoms with Crippen LogP contribution in [0, 0.1) is 12.8 Å². The van der Waals surface area contributed by atoms with Crippen molar-refractivity contribution in [2.75, 3.05) is 42.8 Å². The summed E-state index contributed by atoms with van der Waals surface area (Å²) in [7, 11) is 2.03. The molecule has 1 saturated carbocycles. The molecule has 1 saturated heterocycles. The first-order valence-electron chi connectivity index (χ1n) is 13.4. The van der Waals surface area contributed by atoms with Gasteiger partial charge < -0.3 is 25.6 Å². The first kappa shape index (κ1) is 27.7. The van der Waals surface area contributed by atoms with Crippen LogP contribution in [0.25, 0.3) is 0 Å². The van der Waals surface area contributed by atoms with Crippen molar-refractivity contribution in [2.45, 2.75) is 44.7 Å². The number of rotatable bonds is 9. The van der Waals surface area contributed by atoms with Crippen molar-refractivity contribution in [2.24, 2.45) is 5.92 Å². The Kier molecular flexibility index (Phi) is 8.11. The van der Waals surface area contributed by atoms with Gasteiger partial charge in [0.25, 0.3) is 0 Å². The summed E-state index contributed by atoms with van der Waals surface area (Å²) in [5.74, 6) is 1.36. The number of ether oxygens (including phenoxy) is 1. The van der Waals surface area contributed by atoms with Crippen LogP contribution < -0.4 is 20.7 Å². The first-order chi connectivity index (χ1) is 19.1. The molecule has 8 nitrogen and oxygen atoms in total. The molecule has 1 aliphatic carbocycles. The van der Waals surface area contributed by atoms with E-state index in [1.54, 1.807) is 12.1 Å². The molecular formula is C29H33F3N6O2. The summed E-state index contributed by atoms with van der Waals surface area (Å²) < 4.78 is 46.8. The zero-order valence-corrected chi connectivity index (χ0v) is 22.5. The molecule has 40 heavy (non-hydrogen) atoms. The van der Waals surface area contributed by atoms with Crippen molar-refractivity contribution in [1.29, 1.82) is 0 Å². The van der Waals surface area contributed by atoms with E-state index in [4.69, 9.17) is 4.74 Å². The number of nitrogens with one attached hydrogen (secondary N) is 3. The molecule has 0 atom stereocenters. The maximum Gasteiger partial charge on any atom is 0.416 e. The van der Waals surface area contributed by atoms with Gasteiger partial charge in [-0.15, -0.1) is 0 Å². The Morgan fingerprint density at radius 2 is 1.80 bits per heavy atom. The average molecular weight is 555 g/mol. The van der Waals surface area contributed by atoms with Gasteiger partial charge in [-0.2, -0.15) is 13.2 Å². The minimum absolute atomic E-state index is 0.0484. The summed E-state index contributed by atoms with van der Waals surface area (Å²) in [6.07, 6.45) is 0.399. The van der Waals surface area contributed by atoms with Gasteiger partial charge in [0, 0.05) is 23.4 Å². The second kappa shape index (κ2) is 11.7. The van der Waals surface area contributed by atoms with Crippen LogP contribution >= 0.6 is 0 Å². The SMILES string of the molecule is Cc1cc(Oc2cc(NC(=O)C3CC3)ncn2)ccc1NCNc1cc(C2CCN(C)CC2)cc(C(F)(F)F)c1. The Bertz CT molecular complexity index is 1350. The second-order valence-corrected chi connectivity index (χ2v) is 10.5. The fourth-order valence-corrected chi connectivity index (χ4v) is 4.79. The fraction of sp³-hybridized carbons (Fsp3) is 0.414. The lowest BCUT2D eigenvalue weighted by Gasteiger charge is -2.30. The Morgan fingerprint density at radius 1 is 1.02 bits per heavy atom. The van der Waals surface area contributed by atoms with Gasteiger partial charge >= 0.3 is 6.18 Å². The molecule has 1 aromatic heterocycles. The Morgan fingerprint density at radius 3 is 2.50 bits per heavy atom. The van der Waals surface area contributed by atoms with Crippen LogP contribution in [0.2, 0.25) is 0 Å². The lowest BCUT2D eigenvalue weighted by Crippen LogP contribution is -2.29. The van der Waals surface area contributed by atoms with Gasteiger partial charge in [0.2, 0.25) is 11.8 Å². The van der Waals surface area contributed by atoms with Gasteiger partial charge in [0.15, 0.2) is 0 Å². The largest absolute Gasteiger partial charge is 0.439 e. The molecule has 11 heteroatoms. The molecule has 0 bridgehead atoms. The van der Waals surface area contributed by atoms with E-state index < -0.39 is 11.7 Å². The maximum atomic E-state index is 13.6. The van der Waals surface area contributed by atoms with E-state index in [9.17, 15) is 18.0 Å². The summed E-state index contributed by atoms with van der Waals surface area (Å²) in [6.45, 7) is 3.89.